The van der Waals surface area contributed by atoms with Crippen molar-refractivity contribution in [2.45, 2.75) is 18.4 Å². The fourth-order valence-corrected chi connectivity index (χ4v) is 4.83. The van der Waals surface area contributed by atoms with Crippen LogP contribution in [0.3, 0.4) is 0 Å². The van der Waals surface area contributed by atoms with E-state index in [1.165, 1.54) is 5.56 Å². The van der Waals surface area contributed by atoms with Gasteiger partial charge in [0, 0.05) is 31.7 Å². The summed E-state index contributed by atoms with van der Waals surface area (Å²) >= 11 is 0. The minimum atomic E-state index is -0.375. The highest BCUT2D eigenvalue weighted by Gasteiger charge is 2.70. The molecule has 6 nitrogen and oxygen atoms in total. The van der Waals surface area contributed by atoms with E-state index in [1.807, 2.05) is 48.5 Å². The van der Waals surface area contributed by atoms with Crippen molar-refractivity contribution in [3.05, 3.63) is 66.2 Å². The first-order chi connectivity index (χ1) is 14.2. The van der Waals surface area contributed by atoms with Crippen LogP contribution < -0.4 is 4.74 Å². The zero-order chi connectivity index (χ0) is 20.7. The molecule has 1 spiro atoms. The third-order valence-corrected chi connectivity index (χ3v) is 6.10. The van der Waals surface area contributed by atoms with E-state index in [2.05, 4.69) is 17.0 Å². The number of aliphatic hydroxyl groups is 2. The quantitative estimate of drug-likeness (QED) is 0.489. The SMILES string of the molecule is O=CO.OC[C@@H]1[C@@H](c2ccccc2)[C@]12CN(CCCOc1ccccc1)C[C@@H]2O. The van der Waals surface area contributed by atoms with Gasteiger partial charge in [-0.15, -0.1) is 0 Å². The molecule has 1 saturated heterocycles. The van der Waals surface area contributed by atoms with Crippen molar-refractivity contribution in [2.24, 2.45) is 11.3 Å². The monoisotopic (exact) mass is 399 g/mol. The van der Waals surface area contributed by atoms with Crippen molar-refractivity contribution in [1.29, 1.82) is 0 Å². The van der Waals surface area contributed by atoms with Gasteiger partial charge in [0.15, 0.2) is 0 Å². The van der Waals surface area contributed by atoms with Gasteiger partial charge in [0.2, 0.25) is 0 Å². The number of hydrogen-bond donors (Lipinski definition) is 3. The van der Waals surface area contributed by atoms with E-state index in [-0.39, 0.29) is 36.4 Å². The molecule has 0 unspecified atom stereocenters. The summed E-state index contributed by atoms with van der Waals surface area (Å²) < 4.78 is 5.76. The Morgan fingerprint density at radius 2 is 1.72 bits per heavy atom. The molecule has 2 fully saturated rings. The number of hydrogen-bond acceptors (Lipinski definition) is 5. The number of ether oxygens (including phenoxy) is 1. The minimum Gasteiger partial charge on any atom is -0.494 e. The Morgan fingerprint density at radius 3 is 2.34 bits per heavy atom. The normalized spacial score (nSPS) is 27.9. The molecule has 0 amide bonds. The summed E-state index contributed by atoms with van der Waals surface area (Å²) in [6, 6.07) is 20.2. The number of carboxylic acid groups (broad SMARTS) is 1. The Morgan fingerprint density at radius 1 is 1.10 bits per heavy atom. The maximum Gasteiger partial charge on any atom is 0.290 e. The average molecular weight is 399 g/mol. The highest BCUT2D eigenvalue weighted by Crippen LogP contribution is 2.68. The highest BCUT2D eigenvalue weighted by molar-refractivity contribution is 5.36. The standard InChI is InChI=1S/C22H27NO3.CH2O2/c24-15-19-21(17-8-3-1-4-9-17)22(19)16-23(14-20(22)25)12-7-13-26-18-10-5-2-6-11-18;2-1-3/h1-6,8-11,19-21,24-25H,7,12-16H2;1H,(H,2,3)/t19-,20+,21-,22-;/m1./s1. The van der Waals surface area contributed by atoms with E-state index in [1.54, 1.807) is 0 Å². The molecule has 4 rings (SSSR count). The van der Waals surface area contributed by atoms with Gasteiger partial charge in [-0.05, 0) is 36.0 Å². The number of rotatable bonds is 7. The van der Waals surface area contributed by atoms with Crippen LogP contribution in [0.2, 0.25) is 0 Å². The van der Waals surface area contributed by atoms with Crippen LogP contribution in [0.15, 0.2) is 60.7 Å². The van der Waals surface area contributed by atoms with Gasteiger partial charge in [-0.25, -0.2) is 0 Å². The van der Waals surface area contributed by atoms with Gasteiger partial charge >= 0.3 is 0 Å². The molecular formula is C23H29NO5. The summed E-state index contributed by atoms with van der Waals surface area (Å²) in [7, 11) is 0. The van der Waals surface area contributed by atoms with Crippen molar-refractivity contribution in [3.63, 3.8) is 0 Å². The molecule has 0 bridgehead atoms. The number of likely N-dealkylation sites (tertiary alicyclic amines) is 1. The molecular weight excluding hydrogens is 370 g/mol. The van der Waals surface area contributed by atoms with Gasteiger partial charge < -0.3 is 20.1 Å². The number of carbonyl (C=O) groups is 1. The van der Waals surface area contributed by atoms with E-state index in [0.29, 0.717) is 13.2 Å². The Balaban J connectivity index is 0.000000755. The van der Waals surface area contributed by atoms with E-state index >= 15 is 0 Å². The molecule has 0 aromatic heterocycles. The second kappa shape index (κ2) is 9.87. The van der Waals surface area contributed by atoms with Crippen LogP contribution in [-0.4, -0.2) is 65.6 Å². The third-order valence-electron chi connectivity index (χ3n) is 6.10. The Labute approximate surface area is 171 Å². The van der Waals surface area contributed by atoms with Gasteiger partial charge in [0.25, 0.3) is 6.47 Å². The highest BCUT2D eigenvalue weighted by atomic mass is 16.5. The molecule has 156 valence electrons. The second-order valence-electron chi connectivity index (χ2n) is 7.66. The largest absolute Gasteiger partial charge is 0.494 e. The summed E-state index contributed by atoms with van der Waals surface area (Å²) in [4.78, 5) is 10.7. The molecule has 0 radical (unpaired) electrons. The lowest BCUT2D eigenvalue weighted by molar-refractivity contribution is -0.122. The van der Waals surface area contributed by atoms with E-state index in [0.717, 1.165) is 25.3 Å². The molecule has 1 aliphatic heterocycles. The van der Waals surface area contributed by atoms with Crippen molar-refractivity contribution in [1.82, 2.24) is 4.90 Å². The second-order valence-corrected chi connectivity index (χ2v) is 7.66. The predicted molar refractivity (Wildman–Crippen MR) is 110 cm³/mol. The number of benzene rings is 2. The van der Waals surface area contributed by atoms with Crippen LogP contribution in [0.25, 0.3) is 0 Å². The number of nitrogens with zero attached hydrogens (tertiary/aromatic N) is 1. The first kappa shape index (κ1) is 21.3. The van der Waals surface area contributed by atoms with Crippen LogP contribution >= 0.6 is 0 Å². The summed E-state index contributed by atoms with van der Waals surface area (Å²) in [5.74, 6) is 1.32. The van der Waals surface area contributed by atoms with Gasteiger partial charge in [-0.2, -0.15) is 0 Å². The number of para-hydroxylation sites is 1. The molecule has 1 saturated carbocycles. The van der Waals surface area contributed by atoms with Crippen LogP contribution in [0.5, 0.6) is 5.75 Å². The molecule has 2 aliphatic rings. The van der Waals surface area contributed by atoms with Crippen molar-refractivity contribution in [3.8, 4) is 5.75 Å². The number of aliphatic hydroxyl groups excluding tert-OH is 2. The first-order valence-corrected chi connectivity index (χ1v) is 9.99. The summed E-state index contributed by atoms with van der Waals surface area (Å²) in [5, 5.41) is 27.5. The van der Waals surface area contributed by atoms with Gasteiger partial charge in [0.1, 0.15) is 5.75 Å². The zero-order valence-electron chi connectivity index (χ0n) is 16.4. The van der Waals surface area contributed by atoms with Gasteiger partial charge in [0.05, 0.1) is 12.7 Å². The van der Waals surface area contributed by atoms with Crippen LogP contribution in [0.4, 0.5) is 0 Å². The lowest BCUT2D eigenvalue weighted by atomic mass is 9.95. The summed E-state index contributed by atoms with van der Waals surface area (Å²) in [6.07, 6.45) is 0.553. The zero-order valence-corrected chi connectivity index (χ0v) is 16.4. The minimum absolute atomic E-state index is 0.140. The molecule has 29 heavy (non-hydrogen) atoms. The van der Waals surface area contributed by atoms with E-state index < -0.39 is 0 Å². The lowest BCUT2D eigenvalue weighted by Gasteiger charge is -2.16. The van der Waals surface area contributed by atoms with Crippen LogP contribution in [0, 0.1) is 11.3 Å². The van der Waals surface area contributed by atoms with Crippen molar-refractivity contribution >= 4 is 6.47 Å². The van der Waals surface area contributed by atoms with Crippen LogP contribution in [-0.2, 0) is 4.79 Å². The summed E-state index contributed by atoms with van der Waals surface area (Å²) in [5.41, 5.74) is 1.05. The third kappa shape index (κ3) is 4.61. The molecule has 2 aromatic carbocycles. The maximum atomic E-state index is 10.8. The Kier molecular flexibility index (Phi) is 7.25. The smallest absolute Gasteiger partial charge is 0.290 e. The Bertz CT molecular complexity index is 756. The average Bonchev–Trinajstić information content (AvgIpc) is 3.29. The van der Waals surface area contributed by atoms with Crippen molar-refractivity contribution in [2.75, 3.05) is 32.8 Å². The first-order valence-electron chi connectivity index (χ1n) is 9.99. The Hall–Kier alpha value is -2.41. The molecule has 6 heteroatoms. The van der Waals surface area contributed by atoms with Gasteiger partial charge in [-0.1, -0.05) is 48.5 Å². The lowest BCUT2D eigenvalue weighted by Crippen LogP contribution is -2.24. The fraction of sp³-hybridized carbons (Fsp3) is 0.435. The molecule has 1 aliphatic carbocycles. The molecule has 4 atom stereocenters. The fourth-order valence-electron chi connectivity index (χ4n) is 4.83. The molecule has 2 aromatic rings. The van der Waals surface area contributed by atoms with E-state index in [4.69, 9.17) is 14.6 Å². The summed E-state index contributed by atoms with van der Waals surface area (Å²) in [6.45, 7) is 3.01. The van der Waals surface area contributed by atoms with Crippen LogP contribution in [0.1, 0.15) is 17.9 Å². The number of β-amino-alcohol motifs (C(OH)–C–C–N with tert-alkyl or cyclic N) is 1. The van der Waals surface area contributed by atoms with Crippen molar-refractivity contribution < 1.29 is 24.9 Å². The molecule has 1 heterocycles. The van der Waals surface area contributed by atoms with E-state index in [9.17, 15) is 10.2 Å². The maximum absolute atomic E-state index is 10.8. The topological polar surface area (TPSA) is 90.2 Å². The predicted octanol–water partition coefficient (Wildman–Crippen LogP) is 2.23. The molecule has 3 N–H and O–H groups in total. The van der Waals surface area contributed by atoms with Gasteiger partial charge in [-0.3, -0.25) is 9.69 Å².